The molecule has 1 rings (SSSR count). The van der Waals surface area contributed by atoms with Crippen LogP contribution in [0.15, 0.2) is 0 Å². The van der Waals surface area contributed by atoms with Crippen molar-refractivity contribution in [3.8, 4) is 0 Å². The van der Waals surface area contributed by atoms with Crippen LogP contribution in [0.5, 0.6) is 0 Å². The standard InChI is InChI=1S/C10H16ClN5O2/c1-6(2)13-10-15-7(8(17)18-5-4-11)14-9(12-3)16-10/h6H,4-5H2,1-3H3,(H2,12,13,14,15,16). The molecule has 0 aliphatic rings. The maximum Gasteiger partial charge on any atom is 0.376 e. The van der Waals surface area contributed by atoms with Crippen LogP contribution >= 0.6 is 11.6 Å². The first-order valence-corrected chi connectivity index (χ1v) is 6.03. The average Bonchev–Trinajstić information content (AvgIpc) is 2.34. The van der Waals surface area contributed by atoms with Crippen LogP contribution in [-0.2, 0) is 4.74 Å². The van der Waals surface area contributed by atoms with E-state index in [0.717, 1.165) is 0 Å². The highest BCUT2D eigenvalue weighted by molar-refractivity contribution is 6.18. The largest absolute Gasteiger partial charge is 0.459 e. The van der Waals surface area contributed by atoms with Crippen molar-refractivity contribution < 1.29 is 9.53 Å². The van der Waals surface area contributed by atoms with Gasteiger partial charge in [0.15, 0.2) is 0 Å². The summed E-state index contributed by atoms with van der Waals surface area (Å²) in [5, 5.41) is 5.75. The molecule has 7 nitrogen and oxygen atoms in total. The summed E-state index contributed by atoms with van der Waals surface area (Å²) in [6, 6.07) is 0.142. The highest BCUT2D eigenvalue weighted by Gasteiger charge is 2.15. The van der Waals surface area contributed by atoms with Crippen LogP contribution in [0.3, 0.4) is 0 Å². The minimum atomic E-state index is -0.624. The lowest BCUT2D eigenvalue weighted by Crippen LogP contribution is -2.18. The minimum absolute atomic E-state index is 0.0531. The number of alkyl halides is 1. The number of esters is 1. The number of nitrogens with zero attached hydrogens (tertiary/aromatic N) is 3. The van der Waals surface area contributed by atoms with Crippen molar-refractivity contribution in [3.63, 3.8) is 0 Å². The molecule has 1 heterocycles. The maximum absolute atomic E-state index is 11.6. The van der Waals surface area contributed by atoms with Crippen LogP contribution in [0, 0.1) is 0 Å². The number of rotatable bonds is 6. The van der Waals surface area contributed by atoms with Gasteiger partial charge in [-0.3, -0.25) is 0 Å². The third-order valence-corrected chi connectivity index (χ3v) is 1.92. The molecule has 18 heavy (non-hydrogen) atoms. The smallest absolute Gasteiger partial charge is 0.376 e. The molecule has 0 aliphatic heterocycles. The summed E-state index contributed by atoms with van der Waals surface area (Å²) in [6.45, 7) is 4.00. The van der Waals surface area contributed by atoms with E-state index in [1.54, 1.807) is 7.05 Å². The molecule has 0 unspecified atom stereocenters. The molecule has 0 fully saturated rings. The van der Waals surface area contributed by atoms with E-state index < -0.39 is 5.97 Å². The van der Waals surface area contributed by atoms with Gasteiger partial charge >= 0.3 is 5.97 Å². The Hall–Kier alpha value is -1.63. The summed E-state index contributed by atoms with van der Waals surface area (Å²) in [5.41, 5.74) is 0. The highest BCUT2D eigenvalue weighted by Crippen LogP contribution is 2.07. The second-order valence-corrected chi connectivity index (χ2v) is 4.06. The minimum Gasteiger partial charge on any atom is -0.459 e. The zero-order valence-electron chi connectivity index (χ0n) is 10.5. The van der Waals surface area contributed by atoms with E-state index in [2.05, 4.69) is 25.6 Å². The summed E-state index contributed by atoms with van der Waals surface area (Å²) in [6.07, 6.45) is 0. The molecule has 0 saturated heterocycles. The zero-order valence-corrected chi connectivity index (χ0v) is 11.3. The van der Waals surface area contributed by atoms with E-state index >= 15 is 0 Å². The van der Waals surface area contributed by atoms with E-state index in [1.165, 1.54) is 0 Å². The van der Waals surface area contributed by atoms with Crippen molar-refractivity contribution in [2.24, 2.45) is 0 Å². The Morgan fingerprint density at radius 1 is 1.33 bits per heavy atom. The Bertz CT molecular complexity index is 413. The van der Waals surface area contributed by atoms with E-state index in [1.807, 2.05) is 13.8 Å². The number of hydrogen-bond acceptors (Lipinski definition) is 7. The Morgan fingerprint density at radius 3 is 2.56 bits per heavy atom. The normalized spacial score (nSPS) is 10.3. The lowest BCUT2D eigenvalue weighted by molar-refractivity contribution is 0.0514. The molecule has 1 aromatic rings. The van der Waals surface area contributed by atoms with Gasteiger partial charge in [0.05, 0.1) is 5.88 Å². The summed E-state index contributed by atoms with van der Waals surface area (Å²) in [7, 11) is 1.66. The van der Waals surface area contributed by atoms with Gasteiger partial charge in [0.25, 0.3) is 0 Å². The number of halogens is 1. The van der Waals surface area contributed by atoms with Crippen LogP contribution in [0.4, 0.5) is 11.9 Å². The van der Waals surface area contributed by atoms with Crippen LogP contribution < -0.4 is 10.6 Å². The van der Waals surface area contributed by atoms with Gasteiger partial charge in [0, 0.05) is 13.1 Å². The number of ether oxygens (including phenoxy) is 1. The van der Waals surface area contributed by atoms with Crippen molar-refractivity contribution in [3.05, 3.63) is 5.82 Å². The molecule has 0 atom stereocenters. The molecule has 0 aliphatic carbocycles. The van der Waals surface area contributed by atoms with Crippen LogP contribution in [0.25, 0.3) is 0 Å². The maximum atomic E-state index is 11.6. The van der Waals surface area contributed by atoms with Crippen molar-refractivity contribution in [1.82, 2.24) is 15.0 Å². The molecule has 0 saturated carbocycles. The molecule has 0 spiro atoms. The molecule has 2 N–H and O–H groups in total. The van der Waals surface area contributed by atoms with Gasteiger partial charge in [-0.25, -0.2) is 4.79 Å². The predicted octanol–water partition coefficient (Wildman–Crippen LogP) is 1.13. The van der Waals surface area contributed by atoms with E-state index in [-0.39, 0.29) is 24.4 Å². The first kappa shape index (κ1) is 14.4. The van der Waals surface area contributed by atoms with Gasteiger partial charge in [-0.15, -0.1) is 11.6 Å². The molecular formula is C10H16ClN5O2. The Morgan fingerprint density at radius 2 is 2.00 bits per heavy atom. The van der Waals surface area contributed by atoms with Gasteiger partial charge in [-0.2, -0.15) is 15.0 Å². The fourth-order valence-corrected chi connectivity index (χ4v) is 1.17. The number of carbonyl (C=O) groups is 1. The second-order valence-electron chi connectivity index (χ2n) is 3.68. The number of carbonyl (C=O) groups excluding carboxylic acids is 1. The van der Waals surface area contributed by atoms with Gasteiger partial charge in [-0.1, -0.05) is 0 Å². The third-order valence-electron chi connectivity index (χ3n) is 1.77. The topological polar surface area (TPSA) is 89.0 Å². The molecular weight excluding hydrogens is 258 g/mol. The molecule has 0 radical (unpaired) electrons. The second kappa shape index (κ2) is 6.95. The summed E-state index contributed by atoms with van der Waals surface area (Å²) in [4.78, 5) is 23.6. The van der Waals surface area contributed by atoms with E-state index in [0.29, 0.717) is 11.9 Å². The Labute approximate surface area is 110 Å². The average molecular weight is 274 g/mol. The molecule has 0 aromatic carbocycles. The zero-order chi connectivity index (χ0) is 13.5. The van der Waals surface area contributed by atoms with Gasteiger partial charge in [0.1, 0.15) is 6.61 Å². The van der Waals surface area contributed by atoms with Gasteiger partial charge in [0.2, 0.25) is 17.7 Å². The third kappa shape index (κ3) is 4.33. The van der Waals surface area contributed by atoms with Crippen LogP contribution in [0.1, 0.15) is 24.5 Å². The number of hydrogen-bond donors (Lipinski definition) is 2. The van der Waals surface area contributed by atoms with Crippen molar-refractivity contribution in [2.75, 3.05) is 30.2 Å². The first-order chi connectivity index (χ1) is 8.56. The SMILES string of the molecule is CNc1nc(NC(C)C)nc(C(=O)OCCCl)n1. The molecule has 100 valence electrons. The lowest BCUT2D eigenvalue weighted by Gasteiger charge is -2.10. The molecule has 0 amide bonds. The Kier molecular flexibility index (Phi) is 5.57. The summed E-state index contributed by atoms with van der Waals surface area (Å²) in [5.74, 6) is 0.171. The number of aromatic nitrogens is 3. The summed E-state index contributed by atoms with van der Waals surface area (Å²) < 4.78 is 4.86. The quantitative estimate of drug-likeness (QED) is 0.593. The molecule has 8 heteroatoms. The van der Waals surface area contributed by atoms with E-state index in [4.69, 9.17) is 16.3 Å². The van der Waals surface area contributed by atoms with Gasteiger partial charge in [-0.05, 0) is 13.8 Å². The van der Waals surface area contributed by atoms with Crippen molar-refractivity contribution in [1.29, 1.82) is 0 Å². The summed E-state index contributed by atoms with van der Waals surface area (Å²) >= 11 is 5.44. The predicted molar refractivity (Wildman–Crippen MR) is 69.1 cm³/mol. The Balaban J connectivity index is 2.92. The van der Waals surface area contributed by atoms with Crippen LogP contribution in [0.2, 0.25) is 0 Å². The molecule has 1 aromatic heterocycles. The first-order valence-electron chi connectivity index (χ1n) is 5.50. The number of anilines is 2. The molecule has 0 bridgehead atoms. The van der Waals surface area contributed by atoms with E-state index in [9.17, 15) is 4.79 Å². The van der Waals surface area contributed by atoms with Crippen molar-refractivity contribution >= 4 is 29.5 Å². The highest BCUT2D eigenvalue weighted by atomic mass is 35.5. The lowest BCUT2D eigenvalue weighted by atomic mass is 10.4. The monoisotopic (exact) mass is 273 g/mol. The van der Waals surface area contributed by atoms with Crippen molar-refractivity contribution in [2.45, 2.75) is 19.9 Å². The van der Waals surface area contributed by atoms with Gasteiger partial charge < -0.3 is 15.4 Å². The van der Waals surface area contributed by atoms with Crippen LogP contribution in [-0.4, -0.2) is 46.5 Å². The number of nitrogens with one attached hydrogen (secondary N) is 2. The fourth-order valence-electron chi connectivity index (χ4n) is 1.10. The fraction of sp³-hybridized carbons (Fsp3) is 0.600.